The quantitative estimate of drug-likeness (QED) is 0.786. The van der Waals surface area contributed by atoms with Crippen LogP contribution in [-0.2, 0) is 13.1 Å². The van der Waals surface area contributed by atoms with Crippen LogP contribution in [0, 0.1) is 12.8 Å². The summed E-state index contributed by atoms with van der Waals surface area (Å²) in [5.74, 6) is 1.27. The van der Waals surface area contributed by atoms with E-state index >= 15 is 0 Å². The van der Waals surface area contributed by atoms with Gasteiger partial charge in [-0.1, -0.05) is 38.1 Å². The van der Waals surface area contributed by atoms with Crippen molar-refractivity contribution in [2.45, 2.75) is 39.9 Å². The van der Waals surface area contributed by atoms with Gasteiger partial charge in [-0.15, -0.1) is 0 Å². The third-order valence-corrected chi connectivity index (χ3v) is 4.00. The average molecular weight is 304 g/mol. The lowest BCUT2D eigenvalue weighted by molar-refractivity contribution is 0.177. The van der Waals surface area contributed by atoms with Crippen LogP contribution in [-0.4, -0.2) is 33.4 Å². The molecule has 1 aromatic heterocycles. The maximum Gasteiger partial charge on any atom is 0.141 e. The maximum atomic E-state index is 12.6. The van der Waals surface area contributed by atoms with Crippen molar-refractivity contribution in [3.05, 3.63) is 47.5 Å². The number of rotatable bonds is 7. The van der Waals surface area contributed by atoms with Crippen molar-refractivity contribution in [1.29, 1.82) is 0 Å². The summed E-state index contributed by atoms with van der Waals surface area (Å²) in [4.78, 5) is 6.55. The topological polar surface area (TPSA) is 34.0 Å². The monoisotopic (exact) mass is 304 g/mol. The summed E-state index contributed by atoms with van der Waals surface area (Å²) in [6, 6.07) is 8.76. The number of benzene rings is 1. The molecule has 2 rings (SSSR count). The first-order valence-electron chi connectivity index (χ1n) is 7.73. The summed E-state index contributed by atoms with van der Waals surface area (Å²) < 4.78 is 14.2. The zero-order valence-electron chi connectivity index (χ0n) is 13.8. The third-order valence-electron chi connectivity index (χ3n) is 4.00. The van der Waals surface area contributed by atoms with Gasteiger partial charge in [0.05, 0.1) is 13.1 Å². The van der Waals surface area contributed by atoms with Crippen LogP contribution in [0.15, 0.2) is 30.6 Å². The Morgan fingerprint density at radius 2 is 2.00 bits per heavy atom. The Hall–Kier alpha value is -1.75. The van der Waals surface area contributed by atoms with Crippen molar-refractivity contribution in [2.75, 3.05) is 13.7 Å². The molecule has 0 aliphatic carbocycles. The number of hydrogen-bond acceptors (Lipinski definition) is 3. The van der Waals surface area contributed by atoms with E-state index in [0.717, 1.165) is 5.82 Å². The zero-order valence-corrected chi connectivity index (χ0v) is 13.8. The van der Waals surface area contributed by atoms with E-state index in [9.17, 15) is 4.39 Å². The fourth-order valence-corrected chi connectivity index (χ4v) is 3.02. The molecule has 0 saturated carbocycles. The molecule has 0 bridgehead atoms. The van der Waals surface area contributed by atoms with Crippen LogP contribution in [0.1, 0.15) is 36.8 Å². The van der Waals surface area contributed by atoms with Crippen LogP contribution in [0.2, 0.25) is 0 Å². The molecular weight excluding hydrogens is 279 g/mol. The van der Waals surface area contributed by atoms with E-state index in [4.69, 9.17) is 0 Å². The van der Waals surface area contributed by atoms with Gasteiger partial charge < -0.3 is 0 Å². The highest BCUT2D eigenvalue weighted by Crippen LogP contribution is 2.30. The van der Waals surface area contributed by atoms with Crippen LogP contribution >= 0.6 is 0 Å². The van der Waals surface area contributed by atoms with Crippen LogP contribution in [0.3, 0.4) is 0 Å². The van der Waals surface area contributed by atoms with E-state index in [1.807, 2.05) is 0 Å². The van der Waals surface area contributed by atoms with Gasteiger partial charge in [-0.25, -0.2) is 14.1 Å². The molecule has 5 heteroatoms. The normalized spacial score (nSPS) is 13.0. The second-order valence-electron chi connectivity index (χ2n) is 6.05. The number of halogens is 1. The minimum Gasteiger partial charge on any atom is -0.292 e. The van der Waals surface area contributed by atoms with Crippen LogP contribution in [0.4, 0.5) is 4.39 Å². The summed E-state index contributed by atoms with van der Waals surface area (Å²) in [6.07, 6.45) is 1.50. The molecule has 0 N–H and O–H groups in total. The molecular formula is C17H25FN4. The van der Waals surface area contributed by atoms with Crippen molar-refractivity contribution in [2.24, 2.45) is 5.92 Å². The van der Waals surface area contributed by atoms with E-state index in [-0.39, 0.29) is 12.6 Å². The summed E-state index contributed by atoms with van der Waals surface area (Å²) in [5, 5.41) is 4.09. The van der Waals surface area contributed by atoms with Crippen molar-refractivity contribution < 1.29 is 4.39 Å². The largest absolute Gasteiger partial charge is 0.292 e. The lowest BCUT2D eigenvalue weighted by Gasteiger charge is -2.32. The lowest BCUT2D eigenvalue weighted by Crippen LogP contribution is -2.30. The Kier molecular flexibility index (Phi) is 5.66. The molecule has 1 heterocycles. The first kappa shape index (κ1) is 16.6. The highest BCUT2D eigenvalue weighted by atomic mass is 19.1. The number of nitrogens with zero attached hydrogens (tertiary/aromatic N) is 4. The SMILES string of the molecule is Cc1ccccc1[C@H](C(C)C)N(C)Cc1ncnn1CCF. The smallest absolute Gasteiger partial charge is 0.141 e. The van der Waals surface area contributed by atoms with Crippen molar-refractivity contribution in [3.63, 3.8) is 0 Å². The molecule has 2 aromatic rings. The van der Waals surface area contributed by atoms with E-state index in [2.05, 4.69) is 67.1 Å². The Balaban J connectivity index is 2.22. The lowest BCUT2D eigenvalue weighted by atomic mass is 9.91. The number of aryl methyl sites for hydroxylation is 2. The second-order valence-corrected chi connectivity index (χ2v) is 6.05. The van der Waals surface area contributed by atoms with Gasteiger partial charge in [0.1, 0.15) is 18.8 Å². The molecule has 1 aromatic carbocycles. The molecule has 1 atom stereocenters. The summed E-state index contributed by atoms with van der Waals surface area (Å²) in [5.41, 5.74) is 2.62. The van der Waals surface area contributed by atoms with E-state index in [0.29, 0.717) is 12.5 Å². The molecule has 0 radical (unpaired) electrons. The fourth-order valence-electron chi connectivity index (χ4n) is 3.02. The van der Waals surface area contributed by atoms with Crippen LogP contribution in [0.25, 0.3) is 0 Å². The molecule has 0 unspecified atom stereocenters. The highest BCUT2D eigenvalue weighted by Gasteiger charge is 2.23. The first-order valence-corrected chi connectivity index (χ1v) is 7.73. The minimum absolute atomic E-state index is 0.264. The Bertz CT molecular complexity index is 594. The zero-order chi connectivity index (χ0) is 16.1. The fraction of sp³-hybridized carbons (Fsp3) is 0.529. The molecule has 0 amide bonds. The third kappa shape index (κ3) is 3.71. The van der Waals surface area contributed by atoms with Gasteiger partial charge in [0, 0.05) is 6.04 Å². The van der Waals surface area contributed by atoms with Gasteiger partial charge in [-0.2, -0.15) is 5.10 Å². The summed E-state index contributed by atoms with van der Waals surface area (Å²) >= 11 is 0. The predicted octanol–water partition coefficient (Wildman–Crippen LogP) is 3.39. The summed E-state index contributed by atoms with van der Waals surface area (Å²) in [7, 11) is 2.09. The van der Waals surface area contributed by atoms with Crippen LogP contribution < -0.4 is 0 Å². The first-order chi connectivity index (χ1) is 10.5. The maximum absolute atomic E-state index is 12.6. The van der Waals surface area contributed by atoms with Crippen molar-refractivity contribution >= 4 is 0 Å². The van der Waals surface area contributed by atoms with Gasteiger partial charge in [-0.3, -0.25) is 4.90 Å². The number of aromatic nitrogens is 3. The Morgan fingerprint density at radius 1 is 1.27 bits per heavy atom. The summed E-state index contributed by atoms with van der Waals surface area (Å²) in [6.45, 7) is 7.08. The molecule has 4 nitrogen and oxygen atoms in total. The van der Waals surface area contributed by atoms with Gasteiger partial charge in [0.25, 0.3) is 0 Å². The number of alkyl halides is 1. The Labute approximate surface area is 132 Å². The molecule has 0 aliphatic rings. The van der Waals surface area contributed by atoms with Gasteiger partial charge >= 0.3 is 0 Å². The molecule has 0 aliphatic heterocycles. The van der Waals surface area contributed by atoms with Gasteiger partial charge in [0.15, 0.2) is 0 Å². The highest BCUT2D eigenvalue weighted by molar-refractivity contribution is 5.29. The van der Waals surface area contributed by atoms with Crippen molar-refractivity contribution in [3.8, 4) is 0 Å². The van der Waals surface area contributed by atoms with E-state index in [1.54, 1.807) is 4.68 Å². The average Bonchev–Trinajstić information content (AvgIpc) is 2.88. The minimum atomic E-state index is -0.425. The Morgan fingerprint density at radius 3 is 2.64 bits per heavy atom. The van der Waals surface area contributed by atoms with Crippen molar-refractivity contribution in [1.82, 2.24) is 19.7 Å². The second kappa shape index (κ2) is 7.49. The molecule has 22 heavy (non-hydrogen) atoms. The van der Waals surface area contributed by atoms with Gasteiger partial charge in [0.2, 0.25) is 0 Å². The van der Waals surface area contributed by atoms with Crippen LogP contribution in [0.5, 0.6) is 0 Å². The molecule has 0 spiro atoms. The molecule has 0 fully saturated rings. The molecule has 0 saturated heterocycles. The van der Waals surface area contributed by atoms with Gasteiger partial charge in [-0.05, 0) is 31.0 Å². The van der Waals surface area contributed by atoms with E-state index in [1.165, 1.54) is 17.5 Å². The number of hydrogen-bond donors (Lipinski definition) is 0. The predicted molar refractivity (Wildman–Crippen MR) is 86.2 cm³/mol. The standard InChI is InChI=1S/C17H25FN4/c1-13(2)17(15-8-6-5-7-14(15)3)21(4)11-16-19-12-20-22(16)10-9-18/h5-8,12-13,17H,9-11H2,1-4H3/t17-/m0/s1. The molecule has 120 valence electrons. The van der Waals surface area contributed by atoms with E-state index < -0.39 is 6.67 Å².